The highest BCUT2D eigenvalue weighted by Gasteiger charge is 2.45. The highest BCUT2D eigenvalue weighted by atomic mass is 31.2. The summed E-state index contributed by atoms with van der Waals surface area (Å²) in [5.74, 6) is 3.03. The van der Waals surface area contributed by atoms with Crippen LogP contribution in [0.5, 0.6) is 0 Å². The van der Waals surface area contributed by atoms with Crippen molar-refractivity contribution in [2.24, 2.45) is 0 Å². The molecule has 4 nitrogen and oxygen atoms in total. The fourth-order valence-electron chi connectivity index (χ4n) is 2.07. The van der Waals surface area contributed by atoms with Crippen molar-refractivity contribution in [2.45, 2.75) is 38.7 Å². The third-order valence-electron chi connectivity index (χ3n) is 2.90. The first-order valence-electron chi connectivity index (χ1n) is 5.95. The number of hydrogen-bond acceptors (Lipinski definition) is 4. The van der Waals surface area contributed by atoms with Crippen molar-refractivity contribution in [2.75, 3.05) is 6.61 Å². The van der Waals surface area contributed by atoms with Crippen LogP contribution in [0.2, 0.25) is 0 Å². The predicted molar refractivity (Wildman–Crippen MR) is 68.7 cm³/mol. The maximum Gasteiger partial charge on any atom is 0.530 e. The third kappa shape index (κ3) is 2.70. The zero-order valence-corrected chi connectivity index (χ0v) is 11.5. The van der Waals surface area contributed by atoms with Gasteiger partial charge in [0.1, 0.15) is 11.4 Å². The Bertz CT molecular complexity index is 482. The van der Waals surface area contributed by atoms with Crippen LogP contribution in [0, 0.1) is 12.3 Å². The molecule has 2 aliphatic rings. The van der Waals surface area contributed by atoms with Gasteiger partial charge in [0.25, 0.3) is 0 Å². The minimum Gasteiger partial charge on any atom is -0.404 e. The van der Waals surface area contributed by atoms with Crippen LogP contribution < -0.4 is 0 Å². The first kappa shape index (κ1) is 13.4. The maximum atomic E-state index is 12.4. The van der Waals surface area contributed by atoms with Gasteiger partial charge in [-0.25, -0.2) is 4.57 Å². The van der Waals surface area contributed by atoms with E-state index in [1.54, 1.807) is 0 Å². The van der Waals surface area contributed by atoms with Crippen LogP contribution in [-0.4, -0.2) is 12.2 Å². The van der Waals surface area contributed by atoms with Gasteiger partial charge in [0.2, 0.25) is 0 Å². The first-order valence-corrected chi connectivity index (χ1v) is 7.41. The zero-order valence-electron chi connectivity index (χ0n) is 10.6. The molecule has 0 bridgehead atoms. The molecule has 0 aromatic heterocycles. The largest absolute Gasteiger partial charge is 0.530 e. The van der Waals surface area contributed by atoms with Crippen molar-refractivity contribution in [3.63, 3.8) is 0 Å². The van der Waals surface area contributed by atoms with Crippen LogP contribution in [0.15, 0.2) is 23.5 Å². The average molecular weight is 268 g/mol. The molecule has 0 aromatic rings. The molecule has 1 aliphatic heterocycles. The fourth-order valence-corrected chi connectivity index (χ4v) is 3.61. The minimum absolute atomic E-state index is 0.163. The molecule has 1 atom stereocenters. The van der Waals surface area contributed by atoms with Crippen LogP contribution in [0.3, 0.4) is 0 Å². The lowest BCUT2D eigenvalue weighted by Crippen LogP contribution is -2.32. The van der Waals surface area contributed by atoms with E-state index in [9.17, 15) is 4.57 Å². The van der Waals surface area contributed by atoms with Gasteiger partial charge in [0, 0.05) is 12.0 Å². The lowest BCUT2D eigenvalue weighted by Gasteiger charge is -2.38. The topological polar surface area (TPSA) is 44.8 Å². The van der Waals surface area contributed by atoms with Gasteiger partial charge in [-0.3, -0.25) is 9.05 Å². The Kier molecular flexibility index (Phi) is 3.68. The second kappa shape index (κ2) is 4.93. The Morgan fingerprint density at radius 3 is 3.11 bits per heavy atom. The van der Waals surface area contributed by atoms with Gasteiger partial charge in [-0.05, 0) is 32.8 Å². The van der Waals surface area contributed by atoms with Crippen molar-refractivity contribution < 1.29 is 18.1 Å². The van der Waals surface area contributed by atoms with E-state index in [0.717, 1.165) is 18.4 Å². The summed E-state index contributed by atoms with van der Waals surface area (Å²) in [5.41, 5.74) is 0.390. The summed E-state index contributed by atoms with van der Waals surface area (Å²) in [5, 5.41) is 0. The Labute approximate surface area is 108 Å². The molecule has 0 aromatic carbocycles. The molecule has 2 rings (SSSR count). The predicted octanol–water partition coefficient (Wildman–Crippen LogP) is 3.56. The number of phosphoric acid groups is 1. The molecule has 0 saturated carbocycles. The molecule has 0 radical (unpaired) electrons. The van der Waals surface area contributed by atoms with E-state index in [2.05, 4.69) is 5.92 Å². The highest BCUT2D eigenvalue weighted by molar-refractivity contribution is 7.48. The molecule has 0 saturated heterocycles. The summed E-state index contributed by atoms with van der Waals surface area (Å²) >= 11 is 0. The standard InChI is InChI=1S/C13H17O4P/c1-4-5-10-15-18(14)16-12-9-7-6-8-11(12)13(2,3)17-18/h1,7,9H,5-6,8,10H2,2-3H3. The Morgan fingerprint density at radius 2 is 2.39 bits per heavy atom. The second-order valence-corrected chi connectivity index (χ2v) is 6.23. The maximum absolute atomic E-state index is 12.4. The van der Waals surface area contributed by atoms with Gasteiger partial charge in [0.05, 0.1) is 6.61 Å². The number of phosphoric ester groups is 1. The van der Waals surface area contributed by atoms with Crippen LogP contribution in [0.4, 0.5) is 0 Å². The Morgan fingerprint density at radius 1 is 1.61 bits per heavy atom. The minimum atomic E-state index is -3.56. The van der Waals surface area contributed by atoms with Crippen molar-refractivity contribution in [3.8, 4) is 12.3 Å². The lowest BCUT2D eigenvalue weighted by atomic mass is 9.90. The van der Waals surface area contributed by atoms with E-state index in [-0.39, 0.29) is 6.61 Å². The summed E-state index contributed by atoms with van der Waals surface area (Å²) in [7, 11) is -3.56. The molecule has 1 unspecified atom stereocenters. The van der Waals surface area contributed by atoms with Gasteiger partial charge >= 0.3 is 7.82 Å². The monoisotopic (exact) mass is 268 g/mol. The average Bonchev–Trinajstić information content (AvgIpc) is 2.28. The molecular formula is C13H17O4P. The normalized spacial score (nSPS) is 29.4. The van der Waals surface area contributed by atoms with Crippen LogP contribution in [0.1, 0.15) is 33.1 Å². The van der Waals surface area contributed by atoms with E-state index in [1.165, 1.54) is 0 Å². The number of allylic oxidation sites excluding steroid dienone is 2. The smallest absolute Gasteiger partial charge is 0.404 e. The van der Waals surface area contributed by atoms with Gasteiger partial charge in [-0.2, -0.15) is 0 Å². The van der Waals surface area contributed by atoms with E-state index in [0.29, 0.717) is 12.2 Å². The molecule has 98 valence electrons. The summed E-state index contributed by atoms with van der Waals surface area (Å²) in [6.07, 6.45) is 11.1. The van der Waals surface area contributed by atoms with E-state index < -0.39 is 13.4 Å². The third-order valence-corrected chi connectivity index (χ3v) is 4.50. The molecule has 0 spiro atoms. The van der Waals surface area contributed by atoms with Crippen molar-refractivity contribution in [3.05, 3.63) is 23.5 Å². The van der Waals surface area contributed by atoms with Gasteiger partial charge in [-0.1, -0.05) is 6.08 Å². The van der Waals surface area contributed by atoms with Crippen LogP contribution in [-0.2, 0) is 18.1 Å². The summed E-state index contributed by atoms with van der Waals surface area (Å²) in [6, 6.07) is 0. The molecule has 18 heavy (non-hydrogen) atoms. The second-order valence-electron chi connectivity index (χ2n) is 4.71. The van der Waals surface area contributed by atoms with Gasteiger partial charge in [-0.15, -0.1) is 12.3 Å². The van der Waals surface area contributed by atoms with Crippen molar-refractivity contribution >= 4 is 7.82 Å². The SMILES string of the molecule is C#CCCOP1(=O)OC2=C(CCC=C2)C(C)(C)O1. The first-order chi connectivity index (χ1) is 8.47. The van der Waals surface area contributed by atoms with E-state index in [4.69, 9.17) is 20.0 Å². The molecule has 1 heterocycles. The fraction of sp³-hybridized carbons (Fsp3) is 0.538. The highest BCUT2D eigenvalue weighted by Crippen LogP contribution is 2.60. The number of terminal acetylenes is 1. The molecule has 0 amide bonds. The van der Waals surface area contributed by atoms with Crippen molar-refractivity contribution in [1.29, 1.82) is 0 Å². The van der Waals surface area contributed by atoms with E-state index in [1.807, 2.05) is 26.0 Å². The van der Waals surface area contributed by atoms with Crippen molar-refractivity contribution in [1.82, 2.24) is 0 Å². The Balaban J connectivity index is 2.20. The lowest BCUT2D eigenvalue weighted by molar-refractivity contribution is 0.0432. The molecule has 5 heteroatoms. The number of rotatable bonds is 3. The van der Waals surface area contributed by atoms with Crippen LogP contribution in [0.25, 0.3) is 0 Å². The molecular weight excluding hydrogens is 251 g/mol. The quantitative estimate of drug-likeness (QED) is 0.446. The summed E-state index contributed by atoms with van der Waals surface area (Å²) in [4.78, 5) is 0. The molecule has 1 aliphatic carbocycles. The summed E-state index contributed by atoms with van der Waals surface area (Å²) < 4.78 is 28.5. The molecule has 0 fully saturated rings. The van der Waals surface area contributed by atoms with E-state index >= 15 is 0 Å². The van der Waals surface area contributed by atoms with Crippen LogP contribution >= 0.6 is 7.82 Å². The molecule has 0 N–H and O–H groups in total. The Hall–Kier alpha value is -1.01. The number of hydrogen-bond donors (Lipinski definition) is 0. The summed E-state index contributed by atoms with van der Waals surface area (Å²) in [6.45, 7) is 3.92. The zero-order chi connectivity index (χ0) is 13.2. The van der Waals surface area contributed by atoms with Gasteiger partial charge < -0.3 is 4.52 Å². The van der Waals surface area contributed by atoms with Gasteiger partial charge in [0.15, 0.2) is 0 Å².